The lowest BCUT2D eigenvalue weighted by Gasteiger charge is -2.33. The number of likely N-dealkylation sites (N-methyl/N-ethyl adjacent to an activating group) is 1. The van der Waals surface area contributed by atoms with E-state index in [9.17, 15) is 22.8 Å². The Kier molecular flexibility index (Phi) is 8.57. The van der Waals surface area contributed by atoms with Gasteiger partial charge in [0.1, 0.15) is 17.7 Å². The van der Waals surface area contributed by atoms with E-state index in [1.807, 2.05) is 20.8 Å². The minimum Gasteiger partial charge on any atom is -0.461 e. The molecular formula is C23H34F3NO4. The zero-order valence-corrected chi connectivity index (χ0v) is 19.6. The first kappa shape index (κ1) is 26.8. The number of alkyl halides is 3. The van der Waals surface area contributed by atoms with Crippen LogP contribution < -0.4 is 0 Å². The Morgan fingerprint density at radius 1 is 1.00 bits per heavy atom. The summed E-state index contributed by atoms with van der Waals surface area (Å²) in [7, 11) is 1.49. The second-order valence-electron chi connectivity index (χ2n) is 10.0. The number of halogens is 3. The van der Waals surface area contributed by atoms with E-state index < -0.39 is 41.5 Å². The number of carbonyl (C=O) groups is 2. The van der Waals surface area contributed by atoms with Crippen LogP contribution in [0.3, 0.4) is 0 Å². The zero-order valence-electron chi connectivity index (χ0n) is 19.6. The SMILES string of the molecule is CC(Cc1ccc(C(F)(F)F)cc1)OC(=O)[C@H](CC(C)(C)C)N(C)C(=O)OC(C)(C)C. The summed E-state index contributed by atoms with van der Waals surface area (Å²) in [5.41, 5.74) is -1.10. The Labute approximate surface area is 182 Å². The lowest BCUT2D eigenvalue weighted by Crippen LogP contribution is -2.47. The minimum atomic E-state index is -4.40. The van der Waals surface area contributed by atoms with Crippen LogP contribution in [0, 0.1) is 5.41 Å². The van der Waals surface area contributed by atoms with Crippen LogP contribution in [-0.2, 0) is 26.9 Å². The Morgan fingerprint density at radius 3 is 1.94 bits per heavy atom. The van der Waals surface area contributed by atoms with Gasteiger partial charge in [0.2, 0.25) is 0 Å². The molecule has 0 fully saturated rings. The number of amides is 1. The molecule has 176 valence electrons. The van der Waals surface area contributed by atoms with E-state index in [-0.39, 0.29) is 11.8 Å². The van der Waals surface area contributed by atoms with Crippen LogP contribution in [-0.4, -0.2) is 41.8 Å². The Balaban J connectivity index is 2.88. The van der Waals surface area contributed by atoms with Crippen molar-refractivity contribution in [2.75, 3.05) is 7.05 Å². The Morgan fingerprint density at radius 2 is 1.52 bits per heavy atom. The van der Waals surface area contributed by atoms with Gasteiger partial charge in [-0.15, -0.1) is 0 Å². The van der Waals surface area contributed by atoms with Crippen molar-refractivity contribution in [2.24, 2.45) is 5.41 Å². The summed E-state index contributed by atoms with van der Waals surface area (Å²) in [4.78, 5) is 26.6. The highest BCUT2D eigenvalue weighted by molar-refractivity contribution is 5.81. The predicted octanol–water partition coefficient (Wildman–Crippen LogP) is 5.85. The molecule has 0 saturated carbocycles. The van der Waals surface area contributed by atoms with Crippen LogP contribution in [0.2, 0.25) is 0 Å². The van der Waals surface area contributed by atoms with Gasteiger partial charge >= 0.3 is 18.2 Å². The second kappa shape index (κ2) is 9.92. The smallest absolute Gasteiger partial charge is 0.416 e. The molecule has 0 radical (unpaired) electrons. The molecule has 1 rings (SSSR count). The van der Waals surface area contributed by atoms with E-state index >= 15 is 0 Å². The molecule has 2 atom stereocenters. The number of rotatable bonds is 6. The average molecular weight is 446 g/mol. The summed E-state index contributed by atoms with van der Waals surface area (Å²) >= 11 is 0. The summed E-state index contributed by atoms with van der Waals surface area (Å²) in [5.74, 6) is -0.581. The highest BCUT2D eigenvalue weighted by Gasteiger charge is 2.35. The van der Waals surface area contributed by atoms with Crippen molar-refractivity contribution in [3.8, 4) is 0 Å². The zero-order chi connectivity index (χ0) is 24.2. The number of ether oxygens (including phenoxy) is 2. The lowest BCUT2D eigenvalue weighted by molar-refractivity contribution is -0.155. The van der Waals surface area contributed by atoms with E-state index in [4.69, 9.17) is 9.47 Å². The number of carbonyl (C=O) groups excluding carboxylic acids is 2. The van der Waals surface area contributed by atoms with Gasteiger partial charge in [-0.1, -0.05) is 32.9 Å². The third-order valence-electron chi connectivity index (χ3n) is 4.35. The average Bonchev–Trinajstić information content (AvgIpc) is 2.56. The van der Waals surface area contributed by atoms with Crippen LogP contribution >= 0.6 is 0 Å². The molecule has 0 heterocycles. The first-order chi connectivity index (χ1) is 13.9. The summed E-state index contributed by atoms with van der Waals surface area (Å²) in [6.45, 7) is 12.7. The molecule has 0 aromatic heterocycles. The monoisotopic (exact) mass is 445 g/mol. The quantitative estimate of drug-likeness (QED) is 0.516. The van der Waals surface area contributed by atoms with Gasteiger partial charge in [0.15, 0.2) is 0 Å². The molecule has 0 aliphatic carbocycles. The van der Waals surface area contributed by atoms with Gasteiger partial charge in [-0.05, 0) is 57.2 Å². The Bertz CT molecular complexity index is 746. The molecule has 0 aliphatic heterocycles. The van der Waals surface area contributed by atoms with Crippen molar-refractivity contribution in [3.05, 3.63) is 35.4 Å². The van der Waals surface area contributed by atoms with Crippen LogP contribution in [0.5, 0.6) is 0 Å². The fourth-order valence-electron chi connectivity index (χ4n) is 2.90. The van der Waals surface area contributed by atoms with Gasteiger partial charge in [-0.3, -0.25) is 4.90 Å². The summed E-state index contributed by atoms with van der Waals surface area (Å²) < 4.78 is 49.1. The first-order valence-corrected chi connectivity index (χ1v) is 10.2. The van der Waals surface area contributed by atoms with Crippen molar-refractivity contribution in [2.45, 2.75) is 85.2 Å². The lowest BCUT2D eigenvalue weighted by atomic mass is 9.87. The topological polar surface area (TPSA) is 55.8 Å². The van der Waals surface area contributed by atoms with E-state index in [1.54, 1.807) is 27.7 Å². The fourth-order valence-corrected chi connectivity index (χ4v) is 2.90. The maximum absolute atomic E-state index is 12.9. The molecule has 0 N–H and O–H groups in total. The van der Waals surface area contributed by atoms with Crippen LogP contribution in [0.15, 0.2) is 24.3 Å². The minimum absolute atomic E-state index is 0.252. The van der Waals surface area contributed by atoms with E-state index in [1.165, 1.54) is 24.1 Å². The number of hydrogen-bond acceptors (Lipinski definition) is 4. The van der Waals surface area contributed by atoms with Crippen molar-refractivity contribution in [1.82, 2.24) is 4.90 Å². The molecule has 0 aliphatic rings. The summed E-state index contributed by atoms with van der Waals surface area (Å²) in [6, 6.07) is 3.88. The van der Waals surface area contributed by atoms with Crippen LogP contribution in [0.1, 0.15) is 66.0 Å². The van der Waals surface area contributed by atoms with Crippen LogP contribution in [0.25, 0.3) is 0 Å². The molecule has 0 bridgehead atoms. The molecule has 0 saturated heterocycles. The molecule has 1 unspecified atom stereocenters. The molecule has 1 amide bonds. The Hall–Kier alpha value is -2.25. The normalized spacial score (nSPS) is 14.5. The molecular weight excluding hydrogens is 411 g/mol. The number of nitrogens with zero attached hydrogens (tertiary/aromatic N) is 1. The van der Waals surface area contributed by atoms with Gasteiger partial charge in [0, 0.05) is 13.5 Å². The molecule has 8 heteroatoms. The van der Waals surface area contributed by atoms with Crippen molar-refractivity contribution < 1.29 is 32.2 Å². The highest BCUT2D eigenvalue weighted by atomic mass is 19.4. The van der Waals surface area contributed by atoms with Crippen molar-refractivity contribution in [1.29, 1.82) is 0 Å². The second-order valence-corrected chi connectivity index (χ2v) is 10.0. The van der Waals surface area contributed by atoms with E-state index in [0.29, 0.717) is 12.0 Å². The van der Waals surface area contributed by atoms with E-state index in [0.717, 1.165) is 12.1 Å². The molecule has 5 nitrogen and oxygen atoms in total. The van der Waals surface area contributed by atoms with Gasteiger partial charge in [0.05, 0.1) is 5.56 Å². The maximum atomic E-state index is 12.9. The first-order valence-electron chi connectivity index (χ1n) is 10.2. The van der Waals surface area contributed by atoms with E-state index in [2.05, 4.69) is 0 Å². The van der Waals surface area contributed by atoms with Gasteiger partial charge in [-0.25, -0.2) is 9.59 Å². The number of esters is 1. The van der Waals surface area contributed by atoms with Crippen molar-refractivity contribution >= 4 is 12.1 Å². The summed E-state index contributed by atoms with van der Waals surface area (Å²) in [5, 5.41) is 0. The third kappa shape index (κ3) is 9.61. The van der Waals surface area contributed by atoms with Gasteiger partial charge < -0.3 is 9.47 Å². The molecule has 1 aromatic carbocycles. The molecule has 31 heavy (non-hydrogen) atoms. The van der Waals surface area contributed by atoms with Gasteiger partial charge in [-0.2, -0.15) is 13.2 Å². The maximum Gasteiger partial charge on any atom is 0.416 e. The molecule has 1 aromatic rings. The third-order valence-corrected chi connectivity index (χ3v) is 4.35. The van der Waals surface area contributed by atoms with Crippen molar-refractivity contribution in [3.63, 3.8) is 0 Å². The predicted molar refractivity (Wildman–Crippen MR) is 113 cm³/mol. The standard InChI is InChI=1S/C23H34F3NO4/c1-15(13-16-9-11-17(12-10-16)23(24,25)26)30-19(28)18(14-21(2,3)4)27(8)20(29)31-22(5,6)7/h9-12,15,18H,13-14H2,1-8H3/t15?,18-/m0/s1. The largest absolute Gasteiger partial charge is 0.461 e. The molecule has 0 spiro atoms. The van der Waals surface area contributed by atoms with Crippen LogP contribution in [0.4, 0.5) is 18.0 Å². The fraction of sp³-hybridized carbons (Fsp3) is 0.652. The number of hydrogen-bond donors (Lipinski definition) is 0. The summed E-state index contributed by atoms with van der Waals surface area (Å²) in [6.07, 6.45) is -5.01. The highest BCUT2D eigenvalue weighted by Crippen LogP contribution is 2.29. The van der Waals surface area contributed by atoms with Gasteiger partial charge in [0.25, 0.3) is 0 Å². The number of benzene rings is 1.